The number of aryl methyl sites for hydroxylation is 1. The van der Waals surface area contributed by atoms with Crippen molar-refractivity contribution in [2.24, 2.45) is 5.92 Å². The summed E-state index contributed by atoms with van der Waals surface area (Å²) in [5.41, 5.74) is 2.79. The van der Waals surface area contributed by atoms with Gasteiger partial charge in [0.05, 0.1) is 25.4 Å². The molecule has 1 saturated heterocycles. The Morgan fingerprint density at radius 2 is 2.11 bits per heavy atom. The number of aliphatic hydroxyl groups is 1. The molecule has 0 amide bonds. The van der Waals surface area contributed by atoms with Crippen molar-refractivity contribution >= 4 is 5.97 Å². The Kier molecular flexibility index (Phi) is 11.7. The lowest BCUT2D eigenvalue weighted by Crippen LogP contribution is -2.38. The van der Waals surface area contributed by atoms with E-state index in [-0.39, 0.29) is 36.5 Å². The summed E-state index contributed by atoms with van der Waals surface area (Å²) < 4.78 is 39.1. The number of halogens is 2. The third kappa shape index (κ3) is 9.31. The van der Waals surface area contributed by atoms with Crippen LogP contribution in [0.25, 0.3) is 0 Å². The molecule has 5 atom stereocenters. The van der Waals surface area contributed by atoms with E-state index in [2.05, 4.69) is 4.90 Å². The zero-order valence-corrected chi connectivity index (χ0v) is 22.5. The molecule has 1 aromatic carbocycles. The van der Waals surface area contributed by atoms with Crippen LogP contribution in [0.5, 0.6) is 0 Å². The highest BCUT2D eigenvalue weighted by Crippen LogP contribution is 2.29. The van der Waals surface area contributed by atoms with Crippen LogP contribution in [0.3, 0.4) is 0 Å². The molecule has 0 saturated carbocycles. The van der Waals surface area contributed by atoms with Crippen molar-refractivity contribution in [1.82, 2.24) is 4.90 Å². The van der Waals surface area contributed by atoms with Crippen molar-refractivity contribution in [3.63, 3.8) is 0 Å². The van der Waals surface area contributed by atoms with E-state index >= 15 is 0 Å². The molecule has 3 rings (SSSR count). The van der Waals surface area contributed by atoms with Crippen LogP contribution in [0.2, 0.25) is 0 Å². The number of rotatable bonds is 14. The predicted molar refractivity (Wildman–Crippen MR) is 141 cm³/mol. The minimum atomic E-state index is -0.930. The van der Waals surface area contributed by atoms with Crippen LogP contribution in [-0.4, -0.2) is 60.6 Å². The number of hydrogen-bond donors (Lipinski definition) is 1. The Morgan fingerprint density at radius 1 is 1.30 bits per heavy atom. The van der Waals surface area contributed by atoms with Crippen LogP contribution in [0, 0.1) is 11.7 Å². The smallest absolute Gasteiger partial charge is 0.305 e. The van der Waals surface area contributed by atoms with Crippen molar-refractivity contribution in [3.05, 3.63) is 58.9 Å². The second kappa shape index (κ2) is 14.7. The van der Waals surface area contributed by atoms with Gasteiger partial charge in [-0.05, 0) is 93.8 Å². The molecule has 1 aliphatic carbocycles. The fourth-order valence-corrected chi connectivity index (χ4v) is 5.23. The number of ether oxygens (including phenoxy) is 2. The van der Waals surface area contributed by atoms with Gasteiger partial charge in [-0.25, -0.2) is 8.78 Å². The Bertz CT molecular complexity index is 934. The highest BCUT2D eigenvalue weighted by atomic mass is 19.1. The van der Waals surface area contributed by atoms with Crippen LogP contribution < -0.4 is 0 Å². The number of alkyl halides is 1. The zero-order valence-electron chi connectivity index (χ0n) is 22.5. The quantitative estimate of drug-likeness (QED) is 0.246. The standard InChI is InChI=1S/C30H43F2NO4/c1-4-36-30(35)10-6-5-8-24-13-14-25(31)18-28(24)22(3)37-20-27(34)19-33-15-7-9-26(33)16-23-12-11-21(2)29(32)17-23/h11-14,17-18,21-22,26-27,29,34H,4-10,15-16,19-20H2,1-3H3/t21?,22-,26+,27-,29?/m1/s1. The van der Waals surface area contributed by atoms with Gasteiger partial charge in [0, 0.05) is 24.9 Å². The minimum absolute atomic E-state index is 0.0763. The van der Waals surface area contributed by atoms with Crippen molar-refractivity contribution in [2.45, 2.75) is 90.1 Å². The lowest BCUT2D eigenvalue weighted by atomic mass is 9.92. The van der Waals surface area contributed by atoms with E-state index in [1.807, 2.05) is 26.0 Å². The summed E-state index contributed by atoms with van der Waals surface area (Å²) in [5.74, 6) is -0.592. The van der Waals surface area contributed by atoms with E-state index in [0.29, 0.717) is 32.4 Å². The molecule has 7 heteroatoms. The zero-order chi connectivity index (χ0) is 26.8. The number of β-amino-alcohol motifs (C(OH)–C–C–N with tert-alkyl or cyclic N) is 1. The summed E-state index contributed by atoms with van der Waals surface area (Å²) in [6, 6.07) is 5.01. The number of unbranched alkanes of at least 4 members (excludes halogenated alkanes) is 1. The molecule has 0 spiro atoms. The molecular formula is C30H43F2NO4. The molecule has 37 heavy (non-hydrogen) atoms. The summed E-state index contributed by atoms with van der Waals surface area (Å²) >= 11 is 0. The Hall–Kier alpha value is -2.09. The average Bonchev–Trinajstić information content (AvgIpc) is 3.29. The lowest BCUT2D eigenvalue weighted by Gasteiger charge is -2.28. The maximum atomic E-state index is 14.1. The van der Waals surface area contributed by atoms with E-state index in [4.69, 9.17) is 9.47 Å². The summed E-state index contributed by atoms with van der Waals surface area (Å²) in [4.78, 5) is 13.8. The first-order valence-electron chi connectivity index (χ1n) is 13.8. The molecule has 5 nitrogen and oxygen atoms in total. The fourth-order valence-electron chi connectivity index (χ4n) is 5.23. The number of benzene rings is 1. The molecule has 1 N–H and O–H groups in total. The first kappa shape index (κ1) is 29.5. The molecule has 1 aromatic rings. The number of aliphatic hydroxyl groups excluding tert-OH is 1. The van der Waals surface area contributed by atoms with E-state index < -0.39 is 12.3 Å². The van der Waals surface area contributed by atoms with Crippen LogP contribution in [0.15, 0.2) is 42.0 Å². The molecule has 1 heterocycles. The summed E-state index contributed by atoms with van der Waals surface area (Å²) in [7, 11) is 0. The van der Waals surface area contributed by atoms with Gasteiger partial charge in [-0.1, -0.05) is 25.1 Å². The average molecular weight is 520 g/mol. The van der Waals surface area contributed by atoms with Gasteiger partial charge in [-0.3, -0.25) is 9.69 Å². The maximum Gasteiger partial charge on any atom is 0.305 e. The Balaban J connectivity index is 1.48. The van der Waals surface area contributed by atoms with Crippen LogP contribution in [0.1, 0.15) is 76.5 Å². The highest BCUT2D eigenvalue weighted by Gasteiger charge is 2.28. The van der Waals surface area contributed by atoms with Crippen molar-refractivity contribution in [3.8, 4) is 0 Å². The van der Waals surface area contributed by atoms with Gasteiger partial charge in [0.2, 0.25) is 0 Å². The Morgan fingerprint density at radius 3 is 2.86 bits per heavy atom. The number of hydrogen-bond acceptors (Lipinski definition) is 5. The van der Waals surface area contributed by atoms with Crippen LogP contribution >= 0.6 is 0 Å². The summed E-state index contributed by atoms with van der Waals surface area (Å²) in [5, 5.41) is 10.7. The third-order valence-corrected chi connectivity index (χ3v) is 7.37. The van der Waals surface area contributed by atoms with E-state index in [1.54, 1.807) is 19.1 Å². The molecule has 0 radical (unpaired) electrons. The second-order valence-electron chi connectivity index (χ2n) is 10.4. The van der Waals surface area contributed by atoms with Crippen molar-refractivity contribution in [1.29, 1.82) is 0 Å². The third-order valence-electron chi connectivity index (χ3n) is 7.37. The first-order valence-corrected chi connectivity index (χ1v) is 13.8. The number of allylic oxidation sites excluding steroid dienone is 3. The minimum Gasteiger partial charge on any atom is -0.466 e. The lowest BCUT2D eigenvalue weighted by molar-refractivity contribution is -0.143. The van der Waals surface area contributed by atoms with Crippen molar-refractivity contribution in [2.75, 3.05) is 26.3 Å². The molecule has 2 unspecified atom stereocenters. The number of esters is 1. The molecule has 206 valence electrons. The van der Waals surface area contributed by atoms with Crippen LogP contribution in [-0.2, 0) is 20.7 Å². The summed E-state index contributed by atoms with van der Waals surface area (Å²) in [6.07, 6.45) is 9.19. The van der Waals surface area contributed by atoms with Gasteiger partial charge in [0.1, 0.15) is 12.0 Å². The van der Waals surface area contributed by atoms with E-state index in [1.165, 1.54) is 12.1 Å². The van der Waals surface area contributed by atoms with Gasteiger partial charge in [0.15, 0.2) is 0 Å². The topological polar surface area (TPSA) is 59.0 Å². The van der Waals surface area contributed by atoms with Gasteiger partial charge in [-0.15, -0.1) is 0 Å². The molecule has 0 aromatic heterocycles. The van der Waals surface area contributed by atoms with Gasteiger partial charge < -0.3 is 14.6 Å². The molecule has 1 aliphatic heterocycles. The molecule has 0 bridgehead atoms. The maximum absolute atomic E-state index is 14.1. The summed E-state index contributed by atoms with van der Waals surface area (Å²) in [6.45, 7) is 7.48. The van der Waals surface area contributed by atoms with Crippen LogP contribution in [0.4, 0.5) is 8.78 Å². The fraction of sp³-hybridized carbons (Fsp3) is 0.633. The highest BCUT2D eigenvalue weighted by molar-refractivity contribution is 5.69. The normalized spacial score (nSPS) is 23.6. The Labute approximate surface area is 220 Å². The molecule has 1 fully saturated rings. The van der Waals surface area contributed by atoms with E-state index in [0.717, 1.165) is 48.9 Å². The number of carbonyl (C=O) groups is 1. The number of nitrogens with zero attached hydrogens (tertiary/aromatic N) is 1. The predicted octanol–water partition coefficient (Wildman–Crippen LogP) is 5.87. The molecular weight excluding hydrogens is 476 g/mol. The van der Waals surface area contributed by atoms with Gasteiger partial charge >= 0.3 is 5.97 Å². The molecule has 2 aliphatic rings. The number of likely N-dealkylation sites (tertiary alicyclic amines) is 1. The monoisotopic (exact) mass is 519 g/mol. The SMILES string of the molecule is CCOC(=O)CCCCc1ccc(F)cc1[C@@H](C)OC[C@H](O)CN1CCC[C@H]1CC1=CC(F)C(C)C=C1. The van der Waals surface area contributed by atoms with E-state index in [9.17, 15) is 18.7 Å². The van der Waals surface area contributed by atoms with Crippen molar-refractivity contribution < 1.29 is 28.2 Å². The largest absolute Gasteiger partial charge is 0.466 e. The first-order chi connectivity index (χ1) is 17.8. The van der Waals surface area contributed by atoms with Gasteiger partial charge in [0.25, 0.3) is 0 Å². The second-order valence-corrected chi connectivity index (χ2v) is 10.4. The van der Waals surface area contributed by atoms with Gasteiger partial charge in [-0.2, -0.15) is 0 Å². The number of carbonyl (C=O) groups excluding carboxylic acids is 1.